The van der Waals surface area contributed by atoms with Crippen LogP contribution in [-0.2, 0) is 16.1 Å². The number of primary amides is 1. The van der Waals surface area contributed by atoms with Gasteiger partial charge in [-0.15, -0.1) is 10.7 Å². The van der Waals surface area contributed by atoms with Crippen molar-refractivity contribution in [2.45, 2.75) is 6.42 Å². The molecule has 5 heteroatoms. The highest BCUT2D eigenvalue weighted by atomic mass is 16.7. The SMILES string of the molecule is C1=Cc2ccccc2C1.NC(=O)C1=NNOC=C1. The van der Waals surface area contributed by atoms with Gasteiger partial charge in [0.2, 0.25) is 0 Å². The van der Waals surface area contributed by atoms with Crippen molar-refractivity contribution in [3.63, 3.8) is 0 Å². The minimum absolute atomic E-state index is 0.154. The Labute approximate surface area is 105 Å². The second-order valence-electron chi connectivity index (χ2n) is 3.68. The zero-order chi connectivity index (χ0) is 12.8. The second-order valence-corrected chi connectivity index (χ2v) is 3.68. The van der Waals surface area contributed by atoms with Crippen LogP contribution in [0.5, 0.6) is 0 Å². The summed E-state index contributed by atoms with van der Waals surface area (Å²) in [4.78, 5) is 14.7. The third-order valence-corrected chi connectivity index (χ3v) is 2.46. The summed E-state index contributed by atoms with van der Waals surface area (Å²) >= 11 is 0. The van der Waals surface area contributed by atoms with Gasteiger partial charge in [-0.1, -0.05) is 36.4 Å². The Morgan fingerprint density at radius 1 is 1.33 bits per heavy atom. The van der Waals surface area contributed by atoms with Crippen molar-refractivity contribution in [2.24, 2.45) is 10.8 Å². The molecule has 3 rings (SSSR count). The van der Waals surface area contributed by atoms with Gasteiger partial charge in [-0.3, -0.25) is 4.79 Å². The highest BCUT2D eigenvalue weighted by molar-refractivity contribution is 6.42. The Morgan fingerprint density at radius 3 is 2.78 bits per heavy atom. The Balaban J connectivity index is 0.000000134. The van der Waals surface area contributed by atoms with Gasteiger partial charge in [-0.2, -0.15) is 0 Å². The number of rotatable bonds is 1. The monoisotopic (exact) mass is 243 g/mol. The Kier molecular flexibility index (Phi) is 3.76. The number of carbonyl (C=O) groups excluding carboxylic acids is 1. The highest BCUT2D eigenvalue weighted by Gasteiger charge is 2.04. The van der Waals surface area contributed by atoms with Crippen LogP contribution in [0.25, 0.3) is 6.08 Å². The van der Waals surface area contributed by atoms with Crippen LogP contribution in [0, 0.1) is 0 Å². The molecule has 2 aliphatic rings. The van der Waals surface area contributed by atoms with E-state index >= 15 is 0 Å². The zero-order valence-electron chi connectivity index (χ0n) is 9.67. The number of nitrogens with zero attached hydrogens (tertiary/aromatic N) is 1. The lowest BCUT2D eigenvalue weighted by atomic mass is 10.1. The first-order valence-electron chi connectivity index (χ1n) is 5.46. The van der Waals surface area contributed by atoms with Gasteiger partial charge in [0.15, 0.2) is 5.71 Å². The van der Waals surface area contributed by atoms with E-state index in [1.165, 1.54) is 23.5 Å². The Bertz CT molecular complexity index is 533. The van der Waals surface area contributed by atoms with Crippen molar-refractivity contribution in [2.75, 3.05) is 0 Å². The summed E-state index contributed by atoms with van der Waals surface area (Å²) in [5, 5.41) is 3.41. The summed E-state index contributed by atoms with van der Waals surface area (Å²) in [6.45, 7) is 0. The number of hydrazone groups is 1. The van der Waals surface area contributed by atoms with Crippen LogP contribution in [0.1, 0.15) is 11.1 Å². The molecule has 1 aromatic carbocycles. The van der Waals surface area contributed by atoms with Crippen LogP contribution in [0.3, 0.4) is 0 Å². The molecule has 1 aliphatic carbocycles. The molecule has 0 saturated heterocycles. The molecule has 0 spiro atoms. The van der Waals surface area contributed by atoms with E-state index in [1.54, 1.807) is 0 Å². The van der Waals surface area contributed by atoms with Gasteiger partial charge in [0.05, 0.1) is 0 Å². The van der Waals surface area contributed by atoms with E-state index < -0.39 is 5.91 Å². The van der Waals surface area contributed by atoms with E-state index in [1.807, 2.05) is 0 Å². The smallest absolute Gasteiger partial charge is 0.269 e. The number of amides is 1. The number of carbonyl (C=O) groups is 1. The van der Waals surface area contributed by atoms with Crippen LogP contribution in [0.15, 0.2) is 47.8 Å². The minimum Gasteiger partial charge on any atom is -0.373 e. The van der Waals surface area contributed by atoms with E-state index in [0.717, 1.165) is 6.42 Å². The van der Waals surface area contributed by atoms with E-state index in [-0.39, 0.29) is 5.71 Å². The molecular weight excluding hydrogens is 230 g/mol. The number of hydrogen-bond donors (Lipinski definition) is 2. The highest BCUT2D eigenvalue weighted by Crippen LogP contribution is 2.17. The maximum absolute atomic E-state index is 10.3. The van der Waals surface area contributed by atoms with E-state index in [2.05, 4.69) is 51.9 Å². The van der Waals surface area contributed by atoms with E-state index in [4.69, 9.17) is 5.73 Å². The lowest BCUT2D eigenvalue weighted by Crippen LogP contribution is -2.26. The molecule has 1 aliphatic heterocycles. The van der Waals surface area contributed by atoms with Crippen LogP contribution in [0.4, 0.5) is 0 Å². The molecular formula is C13H13N3O2. The first-order valence-corrected chi connectivity index (χ1v) is 5.46. The van der Waals surface area contributed by atoms with Gasteiger partial charge in [0.1, 0.15) is 6.26 Å². The fourth-order valence-corrected chi connectivity index (χ4v) is 1.57. The first-order chi connectivity index (χ1) is 8.77. The molecule has 1 aromatic rings. The molecule has 0 aromatic heterocycles. The lowest BCUT2D eigenvalue weighted by molar-refractivity contribution is -0.112. The number of hydrogen-bond acceptors (Lipinski definition) is 4. The van der Waals surface area contributed by atoms with Crippen molar-refractivity contribution in [1.29, 1.82) is 0 Å². The predicted octanol–water partition coefficient (Wildman–Crippen LogP) is 1.13. The van der Waals surface area contributed by atoms with Crippen molar-refractivity contribution in [3.8, 4) is 0 Å². The van der Waals surface area contributed by atoms with Crippen molar-refractivity contribution in [3.05, 3.63) is 53.8 Å². The summed E-state index contributed by atoms with van der Waals surface area (Å²) in [5.41, 5.74) is 9.96. The average Bonchev–Trinajstić information content (AvgIpc) is 2.89. The van der Waals surface area contributed by atoms with E-state index in [0.29, 0.717) is 0 Å². The summed E-state index contributed by atoms with van der Waals surface area (Å²) in [6, 6.07) is 8.49. The van der Waals surface area contributed by atoms with Crippen LogP contribution >= 0.6 is 0 Å². The van der Waals surface area contributed by atoms with Gasteiger partial charge in [0, 0.05) is 6.08 Å². The summed E-state index contributed by atoms with van der Waals surface area (Å²) in [7, 11) is 0. The van der Waals surface area contributed by atoms with Crippen molar-refractivity contribution >= 4 is 17.7 Å². The minimum atomic E-state index is -0.581. The van der Waals surface area contributed by atoms with Crippen molar-refractivity contribution < 1.29 is 9.63 Å². The zero-order valence-corrected chi connectivity index (χ0v) is 9.67. The summed E-state index contributed by atoms with van der Waals surface area (Å²) in [6.07, 6.45) is 8.15. The molecule has 18 heavy (non-hydrogen) atoms. The van der Waals surface area contributed by atoms with Crippen LogP contribution in [-0.4, -0.2) is 11.6 Å². The van der Waals surface area contributed by atoms with Gasteiger partial charge in [0.25, 0.3) is 5.91 Å². The average molecular weight is 243 g/mol. The summed E-state index contributed by atoms with van der Waals surface area (Å²) < 4.78 is 0. The molecule has 0 radical (unpaired) electrons. The van der Waals surface area contributed by atoms with Crippen LogP contribution < -0.4 is 11.3 Å². The standard InChI is InChI=1S/C9H8.C4H5N3O2/c1-2-5-9-7-3-6-8(9)4-1;5-4(8)3-1-2-9-7-6-3/h1-6H,7H2;1-2,7H,(H2,5,8). The molecule has 3 N–H and O–H groups in total. The maximum Gasteiger partial charge on any atom is 0.269 e. The van der Waals surface area contributed by atoms with Gasteiger partial charge in [-0.25, -0.2) is 0 Å². The number of nitrogens with two attached hydrogens (primary N) is 1. The van der Waals surface area contributed by atoms with Gasteiger partial charge < -0.3 is 10.6 Å². The quantitative estimate of drug-likeness (QED) is 0.776. The topological polar surface area (TPSA) is 76.7 Å². The third kappa shape index (κ3) is 2.98. The summed E-state index contributed by atoms with van der Waals surface area (Å²) in [5.74, 6) is -0.581. The number of allylic oxidation sites excluding steroid dienone is 1. The fourth-order valence-electron chi connectivity index (χ4n) is 1.57. The molecule has 5 nitrogen and oxygen atoms in total. The number of benzene rings is 1. The largest absolute Gasteiger partial charge is 0.373 e. The molecule has 1 heterocycles. The molecule has 0 unspecified atom stereocenters. The second kappa shape index (κ2) is 5.67. The molecule has 0 bridgehead atoms. The van der Waals surface area contributed by atoms with Crippen LogP contribution in [0.2, 0.25) is 0 Å². The molecule has 92 valence electrons. The molecule has 0 fully saturated rings. The van der Waals surface area contributed by atoms with E-state index in [9.17, 15) is 4.79 Å². The van der Waals surface area contributed by atoms with Gasteiger partial charge in [-0.05, 0) is 17.5 Å². The van der Waals surface area contributed by atoms with Crippen molar-refractivity contribution in [1.82, 2.24) is 5.59 Å². The Hall–Kier alpha value is -2.56. The third-order valence-electron chi connectivity index (χ3n) is 2.46. The first kappa shape index (κ1) is 11.9. The molecule has 1 amide bonds. The lowest BCUT2D eigenvalue weighted by Gasteiger charge is -2.02. The number of fused-ring (bicyclic) bond motifs is 1. The normalized spacial score (nSPS) is 14.6. The fraction of sp³-hybridized carbons (Fsp3) is 0.0769. The molecule has 0 saturated carbocycles. The van der Waals surface area contributed by atoms with Gasteiger partial charge >= 0.3 is 0 Å². The number of nitrogens with one attached hydrogen (secondary N) is 1. The Morgan fingerprint density at radius 2 is 2.17 bits per heavy atom. The molecule has 0 atom stereocenters. The maximum atomic E-state index is 10.3. The predicted molar refractivity (Wildman–Crippen MR) is 69.2 cm³/mol.